The van der Waals surface area contributed by atoms with Crippen LogP contribution >= 0.6 is 0 Å². The van der Waals surface area contributed by atoms with E-state index in [1.165, 1.54) is 0 Å². The highest BCUT2D eigenvalue weighted by Crippen LogP contribution is 2.26. The molecule has 1 N–H and O–H groups in total. The Kier molecular flexibility index (Phi) is 6.54. The molecule has 2 aromatic rings. The van der Waals surface area contributed by atoms with E-state index in [0.29, 0.717) is 24.7 Å². The number of rotatable bonds is 7. The Morgan fingerprint density at radius 2 is 1.93 bits per heavy atom. The molecule has 1 aliphatic rings. The quantitative estimate of drug-likeness (QED) is 0.778. The van der Waals surface area contributed by atoms with Crippen LogP contribution in [-0.4, -0.2) is 43.8 Å². The fourth-order valence-corrected chi connectivity index (χ4v) is 3.13. The van der Waals surface area contributed by atoms with Gasteiger partial charge in [-0.2, -0.15) is 0 Å². The van der Waals surface area contributed by atoms with Crippen molar-refractivity contribution in [3.63, 3.8) is 0 Å². The molecule has 1 atom stereocenters. The average Bonchev–Trinajstić information content (AvgIpc) is 3.17. The standard InChI is InChI=1S/C21H26N2O4/c1-3-26-15-17-6-5-13-23(17)21(24)22-16-9-11-18(12-10-16)27-20-8-4-7-19(14-20)25-2/h4,7-12,14,17H,3,5-6,13,15H2,1-2H3,(H,22,24)/t17-/m0/s1. The SMILES string of the molecule is CCOC[C@@H]1CCCN1C(=O)Nc1ccc(Oc2cccc(OC)c2)cc1. The molecule has 6 nitrogen and oxygen atoms in total. The van der Waals surface area contributed by atoms with Crippen molar-refractivity contribution in [3.05, 3.63) is 48.5 Å². The zero-order valence-corrected chi connectivity index (χ0v) is 15.8. The minimum Gasteiger partial charge on any atom is -0.497 e. The van der Waals surface area contributed by atoms with Crippen molar-refractivity contribution >= 4 is 11.7 Å². The number of hydrogen-bond donors (Lipinski definition) is 1. The topological polar surface area (TPSA) is 60.0 Å². The van der Waals surface area contributed by atoms with Gasteiger partial charge >= 0.3 is 6.03 Å². The summed E-state index contributed by atoms with van der Waals surface area (Å²) >= 11 is 0. The number of urea groups is 1. The largest absolute Gasteiger partial charge is 0.497 e. The number of anilines is 1. The Bertz CT molecular complexity index is 748. The fraction of sp³-hybridized carbons (Fsp3) is 0.381. The van der Waals surface area contributed by atoms with Gasteiger partial charge in [-0.05, 0) is 56.2 Å². The summed E-state index contributed by atoms with van der Waals surface area (Å²) in [5, 5.41) is 2.96. The molecule has 0 bridgehead atoms. The molecule has 0 spiro atoms. The Morgan fingerprint density at radius 3 is 2.67 bits per heavy atom. The molecule has 1 heterocycles. The third-order valence-electron chi connectivity index (χ3n) is 4.53. The second-order valence-corrected chi connectivity index (χ2v) is 6.38. The summed E-state index contributed by atoms with van der Waals surface area (Å²) in [4.78, 5) is 14.4. The van der Waals surface area contributed by atoms with Crippen molar-refractivity contribution in [2.24, 2.45) is 0 Å². The van der Waals surface area contributed by atoms with Crippen LogP contribution in [0.1, 0.15) is 19.8 Å². The van der Waals surface area contributed by atoms with Crippen LogP contribution in [0.2, 0.25) is 0 Å². The lowest BCUT2D eigenvalue weighted by Gasteiger charge is -2.24. The van der Waals surface area contributed by atoms with Crippen LogP contribution in [-0.2, 0) is 4.74 Å². The number of benzene rings is 2. The van der Waals surface area contributed by atoms with Gasteiger partial charge in [-0.1, -0.05) is 6.07 Å². The number of methoxy groups -OCH3 is 1. The lowest BCUT2D eigenvalue weighted by molar-refractivity contribution is 0.0970. The van der Waals surface area contributed by atoms with Crippen LogP contribution < -0.4 is 14.8 Å². The molecule has 144 valence electrons. The lowest BCUT2D eigenvalue weighted by atomic mass is 10.2. The first-order chi connectivity index (χ1) is 13.2. The second-order valence-electron chi connectivity index (χ2n) is 6.38. The van der Waals surface area contributed by atoms with Gasteiger partial charge in [0.25, 0.3) is 0 Å². The Labute approximate surface area is 160 Å². The smallest absolute Gasteiger partial charge is 0.322 e. The molecule has 1 saturated heterocycles. The highest BCUT2D eigenvalue weighted by molar-refractivity contribution is 5.89. The second kappa shape index (κ2) is 9.28. The summed E-state index contributed by atoms with van der Waals surface area (Å²) in [6.07, 6.45) is 2.00. The van der Waals surface area contributed by atoms with Gasteiger partial charge in [-0.25, -0.2) is 4.79 Å². The van der Waals surface area contributed by atoms with Gasteiger partial charge in [0, 0.05) is 24.9 Å². The lowest BCUT2D eigenvalue weighted by Crippen LogP contribution is -2.41. The van der Waals surface area contributed by atoms with Crippen LogP contribution in [0.3, 0.4) is 0 Å². The molecule has 2 aromatic carbocycles. The van der Waals surface area contributed by atoms with Gasteiger partial charge < -0.3 is 24.4 Å². The molecule has 2 amide bonds. The Balaban J connectivity index is 1.57. The van der Waals surface area contributed by atoms with Crippen LogP contribution in [0.5, 0.6) is 17.2 Å². The molecule has 1 aliphatic heterocycles. The van der Waals surface area contributed by atoms with Crippen LogP contribution in [0, 0.1) is 0 Å². The number of hydrogen-bond acceptors (Lipinski definition) is 4. The van der Waals surface area contributed by atoms with Crippen molar-refractivity contribution in [2.45, 2.75) is 25.8 Å². The molecular formula is C21H26N2O4. The molecule has 3 rings (SSSR count). The van der Waals surface area contributed by atoms with E-state index in [4.69, 9.17) is 14.2 Å². The number of likely N-dealkylation sites (tertiary alicyclic amines) is 1. The Morgan fingerprint density at radius 1 is 1.15 bits per heavy atom. The summed E-state index contributed by atoms with van der Waals surface area (Å²) in [5.41, 5.74) is 0.736. The minimum atomic E-state index is -0.0846. The van der Waals surface area contributed by atoms with Gasteiger partial charge in [0.1, 0.15) is 17.2 Å². The van der Waals surface area contributed by atoms with Gasteiger partial charge in [0.05, 0.1) is 19.8 Å². The van der Waals surface area contributed by atoms with Gasteiger partial charge in [-0.3, -0.25) is 0 Å². The fourth-order valence-electron chi connectivity index (χ4n) is 3.13. The van der Waals surface area contributed by atoms with E-state index in [0.717, 1.165) is 30.8 Å². The maximum atomic E-state index is 12.5. The van der Waals surface area contributed by atoms with Crippen molar-refractivity contribution < 1.29 is 19.0 Å². The zero-order chi connectivity index (χ0) is 19.1. The maximum absolute atomic E-state index is 12.5. The van der Waals surface area contributed by atoms with Gasteiger partial charge in [0.2, 0.25) is 0 Å². The van der Waals surface area contributed by atoms with E-state index >= 15 is 0 Å². The van der Waals surface area contributed by atoms with Crippen molar-refractivity contribution in [1.29, 1.82) is 0 Å². The van der Waals surface area contributed by atoms with Crippen LogP contribution in [0.25, 0.3) is 0 Å². The first-order valence-corrected chi connectivity index (χ1v) is 9.27. The summed E-state index contributed by atoms with van der Waals surface area (Å²) < 4.78 is 16.5. The third-order valence-corrected chi connectivity index (χ3v) is 4.53. The molecule has 0 aliphatic carbocycles. The molecule has 6 heteroatoms. The van der Waals surface area contributed by atoms with E-state index < -0.39 is 0 Å². The number of nitrogens with zero attached hydrogens (tertiary/aromatic N) is 1. The summed E-state index contributed by atoms with van der Waals surface area (Å²) in [6, 6.07) is 14.8. The molecule has 0 saturated carbocycles. The summed E-state index contributed by atoms with van der Waals surface area (Å²) in [6.45, 7) is 3.99. The van der Waals surface area contributed by atoms with Crippen molar-refractivity contribution in [2.75, 3.05) is 32.2 Å². The van der Waals surface area contributed by atoms with Crippen molar-refractivity contribution in [3.8, 4) is 17.2 Å². The number of carbonyl (C=O) groups is 1. The molecule has 0 radical (unpaired) electrons. The normalized spacial score (nSPS) is 16.2. The van der Waals surface area contributed by atoms with E-state index in [1.54, 1.807) is 7.11 Å². The van der Waals surface area contributed by atoms with Crippen molar-refractivity contribution in [1.82, 2.24) is 4.90 Å². The average molecular weight is 370 g/mol. The first kappa shape index (κ1) is 19.0. The van der Waals surface area contributed by atoms with E-state index in [1.807, 2.05) is 60.4 Å². The maximum Gasteiger partial charge on any atom is 0.322 e. The minimum absolute atomic E-state index is 0.0846. The highest BCUT2D eigenvalue weighted by atomic mass is 16.5. The van der Waals surface area contributed by atoms with Crippen LogP contribution in [0.15, 0.2) is 48.5 Å². The van der Waals surface area contributed by atoms with Gasteiger partial charge in [-0.15, -0.1) is 0 Å². The van der Waals surface area contributed by atoms with Crippen LogP contribution in [0.4, 0.5) is 10.5 Å². The predicted octanol–water partition coefficient (Wildman–Crippen LogP) is 4.52. The Hall–Kier alpha value is -2.73. The highest BCUT2D eigenvalue weighted by Gasteiger charge is 2.28. The molecule has 0 aromatic heterocycles. The summed E-state index contributed by atoms with van der Waals surface area (Å²) in [7, 11) is 1.62. The third kappa shape index (κ3) is 5.14. The zero-order valence-electron chi connectivity index (χ0n) is 15.8. The predicted molar refractivity (Wildman–Crippen MR) is 105 cm³/mol. The summed E-state index contributed by atoms with van der Waals surface area (Å²) in [5.74, 6) is 2.13. The van der Waals surface area contributed by atoms with E-state index in [2.05, 4.69) is 5.32 Å². The number of ether oxygens (including phenoxy) is 3. The number of carbonyl (C=O) groups excluding carboxylic acids is 1. The molecule has 0 unspecified atom stereocenters. The molecular weight excluding hydrogens is 344 g/mol. The first-order valence-electron chi connectivity index (χ1n) is 9.27. The van der Waals surface area contributed by atoms with E-state index in [9.17, 15) is 4.79 Å². The molecule has 1 fully saturated rings. The monoisotopic (exact) mass is 370 g/mol. The number of amides is 2. The number of nitrogens with one attached hydrogen (secondary N) is 1. The van der Waals surface area contributed by atoms with Gasteiger partial charge in [0.15, 0.2) is 0 Å². The van der Waals surface area contributed by atoms with E-state index in [-0.39, 0.29) is 12.1 Å². The molecule has 27 heavy (non-hydrogen) atoms.